The molecule has 182 valence electrons. The summed E-state index contributed by atoms with van der Waals surface area (Å²) < 4.78 is 38.3. The topological polar surface area (TPSA) is 83.5 Å². The maximum Gasteiger partial charge on any atom is 0.452 e. The zero-order valence-corrected chi connectivity index (χ0v) is 19.3. The Balaban J connectivity index is 1.53. The normalized spacial score (nSPS) is 38.7. The number of carboxylic acids is 1. The van der Waals surface area contributed by atoms with Crippen molar-refractivity contribution in [1.29, 1.82) is 0 Å². The molecule has 1 unspecified atom stereocenters. The molecule has 5 nitrogen and oxygen atoms in total. The second-order valence-corrected chi connectivity index (χ2v) is 10.9. The van der Waals surface area contributed by atoms with Gasteiger partial charge < -0.3 is 10.4 Å². The lowest BCUT2D eigenvalue weighted by atomic mass is 9.48. The number of aliphatic carboxylic acids is 1. The Hall–Kier alpha value is -2.12. The molecule has 33 heavy (non-hydrogen) atoms. The van der Waals surface area contributed by atoms with Crippen molar-refractivity contribution in [2.45, 2.75) is 77.9 Å². The summed E-state index contributed by atoms with van der Waals surface area (Å²) in [5.74, 6) is -2.61. The van der Waals surface area contributed by atoms with Gasteiger partial charge in [0.25, 0.3) is 5.78 Å². The van der Waals surface area contributed by atoms with Crippen molar-refractivity contribution in [2.24, 2.45) is 34.5 Å². The Labute approximate surface area is 191 Å². The maximum absolute atomic E-state index is 13.0. The quantitative estimate of drug-likeness (QED) is 0.621. The Kier molecular flexibility index (Phi) is 5.81. The van der Waals surface area contributed by atoms with Crippen molar-refractivity contribution in [3.05, 3.63) is 23.3 Å². The average Bonchev–Trinajstić information content (AvgIpc) is 3.09. The van der Waals surface area contributed by atoms with Gasteiger partial charge in [0.2, 0.25) is 5.91 Å². The van der Waals surface area contributed by atoms with E-state index in [1.54, 1.807) is 0 Å². The number of carboxylic acid groups (broad SMARTS) is 1. The van der Waals surface area contributed by atoms with Crippen LogP contribution < -0.4 is 5.32 Å². The highest BCUT2D eigenvalue weighted by atomic mass is 19.4. The van der Waals surface area contributed by atoms with E-state index in [2.05, 4.69) is 25.2 Å². The zero-order valence-electron chi connectivity index (χ0n) is 19.3. The summed E-state index contributed by atoms with van der Waals surface area (Å²) in [5.41, 5.74) is 1.17. The van der Waals surface area contributed by atoms with Crippen molar-refractivity contribution >= 4 is 17.7 Å². The lowest BCUT2D eigenvalue weighted by molar-refractivity contribution is -0.173. The number of halogens is 3. The molecule has 0 aromatic rings. The smallest absolute Gasteiger partial charge is 0.452 e. The molecule has 2 saturated carbocycles. The summed E-state index contributed by atoms with van der Waals surface area (Å²) in [6.45, 7) is 5.42. The molecule has 4 aliphatic carbocycles. The average molecular weight is 468 g/mol. The van der Waals surface area contributed by atoms with Crippen molar-refractivity contribution in [3.8, 4) is 0 Å². The third-order valence-electron chi connectivity index (χ3n) is 9.39. The lowest BCUT2D eigenvalue weighted by Crippen LogP contribution is -2.53. The first-order valence-corrected chi connectivity index (χ1v) is 11.8. The predicted molar refractivity (Wildman–Crippen MR) is 115 cm³/mol. The van der Waals surface area contributed by atoms with Crippen molar-refractivity contribution in [1.82, 2.24) is 5.32 Å². The molecule has 1 amide bonds. The summed E-state index contributed by atoms with van der Waals surface area (Å²) in [6.07, 6.45) is 4.38. The number of carbonyl (C=O) groups is 3. The van der Waals surface area contributed by atoms with E-state index in [-0.39, 0.29) is 16.7 Å². The first kappa shape index (κ1) is 24.0. The number of alkyl halides is 3. The van der Waals surface area contributed by atoms with Crippen LogP contribution in [-0.2, 0) is 14.4 Å². The van der Waals surface area contributed by atoms with E-state index in [0.29, 0.717) is 30.3 Å². The van der Waals surface area contributed by atoms with Crippen LogP contribution in [-0.4, -0.2) is 35.0 Å². The van der Waals surface area contributed by atoms with E-state index >= 15 is 0 Å². The molecule has 4 aliphatic rings. The van der Waals surface area contributed by atoms with Gasteiger partial charge in [0, 0.05) is 11.5 Å². The van der Waals surface area contributed by atoms with Crippen LogP contribution in [0.25, 0.3) is 0 Å². The largest absolute Gasteiger partial charge is 0.478 e. The highest BCUT2D eigenvalue weighted by Gasteiger charge is 2.60. The van der Waals surface area contributed by atoms with E-state index in [1.807, 2.05) is 6.08 Å². The summed E-state index contributed by atoms with van der Waals surface area (Å²) in [5, 5.41) is 11.8. The third-order valence-corrected chi connectivity index (χ3v) is 9.39. The van der Waals surface area contributed by atoms with Gasteiger partial charge in [0.1, 0.15) is 0 Å². The minimum Gasteiger partial charge on any atom is -0.478 e. The van der Waals surface area contributed by atoms with E-state index in [1.165, 1.54) is 0 Å². The molecule has 0 aromatic carbocycles. The van der Waals surface area contributed by atoms with Crippen LogP contribution in [0.1, 0.15) is 65.7 Å². The first-order valence-electron chi connectivity index (χ1n) is 11.8. The van der Waals surface area contributed by atoms with Gasteiger partial charge in [0.05, 0.1) is 6.04 Å². The third kappa shape index (κ3) is 3.83. The van der Waals surface area contributed by atoms with Gasteiger partial charge in [-0.1, -0.05) is 19.9 Å². The molecule has 0 aliphatic heterocycles. The van der Waals surface area contributed by atoms with Crippen molar-refractivity contribution in [2.75, 3.05) is 0 Å². The van der Waals surface area contributed by atoms with Crippen LogP contribution in [0.3, 0.4) is 0 Å². The van der Waals surface area contributed by atoms with Crippen LogP contribution in [0.5, 0.6) is 0 Å². The van der Waals surface area contributed by atoms with Gasteiger partial charge in [-0.05, 0) is 92.1 Å². The standard InChI is InChI=1S/C25H32F3NO4/c1-13(20(30)25(26,27)28)29-21(31)19-7-6-17-16-5-4-15-12-14(22(32)33)8-10-23(15,2)18(16)9-11-24(17,19)3/h4,12-13,16-19H,5-11H2,1-3H3,(H,29,31)(H,32,33)/t13?,16-,17-,18-,19+,23-,24-/m0/s1. The van der Waals surface area contributed by atoms with E-state index in [9.17, 15) is 32.7 Å². The number of hydrogen-bond donors (Lipinski definition) is 2. The number of carbonyl (C=O) groups excluding carboxylic acids is 2. The Morgan fingerprint density at radius 2 is 1.82 bits per heavy atom. The molecule has 4 rings (SSSR count). The number of allylic oxidation sites excluding steroid dienone is 3. The fraction of sp³-hybridized carbons (Fsp3) is 0.720. The highest BCUT2D eigenvalue weighted by molar-refractivity contribution is 5.93. The fourth-order valence-electron chi connectivity index (χ4n) is 7.55. The molecule has 0 heterocycles. The summed E-state index contributed by atoms with van der Waals surface area (Å²) in [4.78, 5) is 36.0. The molecular formula is C25H32F3NO4. The molecule has 0 saturated heterocycles. The molecular weight excluding hydrogens is 435 g/mol. The van der Waals surface area contributed by atoms with Crippen molar-refractivity contribution in [3.63, 3.8) is 0 Å². The molecule has 7 atom stereocenters. The van der Waals surface area contributed by atoms with Gasteiger partial charge >= 0.3 is 12.1 Å². The van der Waals surface area contributed by atoms with Gasteiger partial charge in [-0.2, -0.15) is 13.2 Å². The van der Waals surface area contributed by atoms with Gasteiger partial charge in [-0.25, -0.2) is 4.79 Å². The van der Waals surface area contributed by atoms with E-state index in [0.717, 1.165) is 44.6 Å². The minimum atomic E-state index is -4.97. The molecule has 2 N–H and O–H groups in total. The molecule has 0 spiro atoms. The highest BCUT2D eigenvalue weighted by Crippen LogP contribution is 2.66. The predicted octanol–water partition coefficient (Wildman–Crippen LogP) is 4.82. The van der Waals surface area contributed by atoms with Crippen molar-refractivity contribution < 1.29 is 32.7 Å². The SMILES string of the molecule is CC(NC(=O)[C@H]1CC[C@H]2[C@@H]3CC=C4C=C(C(=O)O)CC[C@]4(C)[C@H]3CC[C@]12C)C(=O)C(F)(F)F. The summed E-state index contributed by atoms with van der Waals surface area (Å²) >= 11 is 0. The van der Waals surface area contributed by atoms with Gasteiger partial charge in [-0.15, -0.1) is 0 Å². The molecule has 0 radical (unpaired) electrons. The summed E-state index contributed by atoms with van der Waals surface area (Å²) in [6, 6.07) is -1.59. The molecule has 2 fully saturated rings. The van der Waals surface area contributed by atoms with Gasteiger partial charge in [-0.3, -0.25) is 9.59 Å². The second kappa shape index (κ2) is 7.98. The number of rotatable bonds is 4. The number of amides is 1. The van der Waals surface area contributed by atoms with Crippen LogP contribution in [0, 0.1) is 34.5 Å². The second-order valence-electron chi connectivity index (χ2n) is 10.9. The number of hydrogen-bond acceptors (Lipinski definition) is 3. The Morgan fingerprint density at radius 1 is 1.12 bits per heavy atom. The van der Waals surface area contributed by atoms with Crippen LogP contribution in [0.4, 0.5) is 13.2 Å². The zero-order chi connectivity index (χ0) is 24.3. The monoisotopic (exact) mass is 467 g/mol. The van der Waals surface area contributed by atoms with Crippen LogP contribution >= 0.6 is 0 Å². The molecule has 8 heteroatoms. The Bertz CT molecular complexity index is 938. The molecule has 0 aromatic heterocycles. The summed E-state index contributed by atoms with van der Waals surface area (Å²) in [7, 11) is 0. The lowest BCUT2D eigenvalue weighted by Gasteiger charge is -2.57. The molecule has 0 bridgehead atoms. The van der Waals surface area contributed by atoms with E-state index < -0.39 is 35.8 Å². The number of fused-ring (bicyclic) bond motifs is 5. The Morgan fingerprint density at radius 3 is 2.45 bits per heavy atom. The first-order chi connectivity index (χ1) is 15.3. The fourth-order valence-corrected chi connectivity index (χ4v) is 7.55. The maximum atomic E-state index is 13.0. The number of nitrogens with one attached hydrogen (secondary N) is 1. The van der Waals surface area contributed by atoms with Crippen LogP contribution in [0.15, 0.2) is 23.3 Å². The number of Topliss-reactive ketones (excluding diaryl/α,β-unsaturated/α-hetero) is 1. The van der Waals surface area contributed by atoms with Crippen LogP contribution in [0.2, 0.25) is 0 Å². The number of ketones is 1. The van der Waals surface area contributed by atoms with Gasteiger partial charge in [0.15, 0.2) is 0 Å². The van der Waals surface area contributed by atoms with E-state index in [4.69, 9.17) is 0 Å². The minimum absolute atomic E-state index is 0.0861.